The van der Waals surface area contributed by atoms with Crippen LogP contribution in [0.3, 0.4) is 0 Å². The zero-order valence-electron chi connectivity index (χ0n) is 18.5. The first-order valence-electron chi connectivity index (χ1n) is 11.4. The third-order valence-corrected chi connectivity index (χ3v) is 6.41. The van der Waals surface area contributed by atoms with Crippen LogP contribution in [0.2, 0.25) is 0 Å². The molecule has 8 nitrogen and oxygen atoms in total. The van der Waals surface area contributed by atoms with E-state index in [0.717, 1.165) is 51.3 Å². The Hall–Kier alpha value is -2.76. The van der Waals surface area contributed by atoms with Gasteiger partial charge in [-0.1, -0.05) is 6.07 Å². The van der Waals surface area contributed by atoms with E-state index in [9.17, 15) is 10.1 Å². The van der Waals surface area contributed by atoms with Crippen LogP contribution in [0.15, 0.2) is 29.7 Å². The molecule has 2 aliphatic heterocycles. The monoisotopic (exact) mass is 441 g/mol. The molecule has 0 spiro atoms. The van der Waals surface area contributed by atoms with Crippen molar-refractivity contribution >= 4 is 5.78 Å². The Balaban J connectivity index is 1.57. The van der Waals surface area contributed by atoms with Crippen molar-refractivity contribution < 1.29 is 23.7 Å². The molecule has 8 heteroatoms. The Labute approximate surface area is 188 Å². The summed E-state index contributed by atoms with van der Waals surface area (Å²) >= 11 is 0. The molecule has 2 fully saturated rings. The van der Waals surface area contributed by atoms with Gasteiger partial charge in [-0.3, -0.25) is 9.69 Å². The number of benzene rings is 1. The van der Waals surface area contributed by atoms with Crippen molar-refractivity contribution in [1.82, 2.24) is 4.90 Å². The number of fused-ring (bicyclic) bond motifs is 1. The van der Waals surface area contributed by atoms with Gasteiger partial charge in [-0.25, -0.2) is 0 Å². The number of hydrogen-bond donors (Lipinski definition) is 1. The summed E-state index contributed by atoms with van der Waals surface area (Å²) in [7, 11) is 0. The number of nitrogens with two attached hydrogens (primary N) is 1. The van der Waals surface area contributed by atoms with Crippen molar-refractivity contribution in [3.05, 3.63) is 35.2 Å². The van der Waals surface area contributed by atoms with Crippen LogP contribution in [0.5, 0.6) is 11.5 Å². The summed E-state index contributed by atoms with van der Waals surface area (Å²) < 4.78 is 23.1. The van der Waals surface area contributed by atoms with E-state index in [1.165, 1.54) is 0 Å². The molecule has 3 aliphatic rings. The van der Waals surface area contributed by atoms with Gasteiger partial charge in [-0.2, -0.15) is 5.26 Å². The highest BCUT2D eigenvalue weighted by molar-refractivity contribution is 5.84. The summed E-state index contributed by atoms with van der Waals surface area (Å²) in [6.07, 6.45) is 1.74. The first kappa shape index (κ1) is 22.4. The Bertz CT molecular complexity index is 903. The van der Waals surface area contributed by atoms with Gasteiger partial charge in [0.25, 0.3) is 0 Å². The molecule has 1 aromatic carbocycles. The zero-order chi connectivity index (χ0) is 22.5. The number of carbonyl (C=O) groups excluding carboxylic acids is 1. The van der Waals surface area contributed by atoms with Crippen molar-refractivity contribution in [3.8, 4) is 17.6 Å². The highest BCUT2D eigenvalue weighted by Gasteiger charge is 2.46. The van der Waals surface area contributed by atoms with Crippen molar-refractivity contribution in [2.75, 3.05) is 46.1 Å². The number of carbonyl (C=O) groups is 1. The lowest BCUT2D eigenvalue weighted by molar-refractivity contribution is -0.132. The first-order valence-corrected chi connectivity index (χ1v) is 11.4. The number of ketones is 1. The van der Waals surface area contributed by atoms with Crippen LogP contribution in [-0.2, 0) is 14.3 Å². The molecule has 0 aromatic heterocycles. The molecule has 1 aliphatic carbocycles. The predicted molar refractivity (Wildman–Crippen MR) is 117 cm³/mol. The molecular weight excluding hydrogens is 410 g/mol. The lowest BCUT2D eigenvalue weighted by Crippen LogP contribution is -2.43. The number of morpholine rings is 1. The van der Waals surface area contributed by atoms with Gasteiger partial charge < -0.3 is 24.7 Å². The first-order chi connectivity index (χ1) is 15.6. The summed E-state index contributed by atoms with van der Waals surface area (Å²) in [5, 5.41) is 9.79. The molecule has 1 aromatic rings. The van der Waals surface area contributed by atoms with Crippen molar-refractivity contribution in [2.24, 2.45) is 11.7 Å². The quantitative estimate of drug-likeness (QED) is 0.687. The standard InChI is InChI=1S/C24H31N3O5/c1-2-30-21-14-16(6-7-19(21)31-13-10-27-8-11-29-12-9-27)22-17(15-25)24(26)32-20-5-3-4-18(28)23(20)22/h6-7,14,20,22-23H,2-5,8-13,26H2,1H3/t20-,22-,23-/m0/s1. The smallest absolute Gasteiger partial charge is 0.199 e. The van der Waals surface area contributed by atoms with Crippen LogP contribution in [-0.4, -0.2) is 62.8 Å². The van der Waals surface area contributed by atoms with Crippen LogP contribution in [0.1, 0.15) is 37.7 Å². The molecule has 1 saturated heterocycles. The van der Waals surface area contributed by atoms with E-state index in [4.69, 9.17) is 24.7 Å². The highest BCUT2D eigenvalue weighted by atomic mass is 16.5. The maximum absolute atomic E-state index is 12.8. The molecule has 4 rings (SSSR count). The number of nitriles is 1. The number of Topliss-reactive ketones (excluding diaryl/α,β-unsaturated/α-hetero) is 1. The molecule has 0 amide bonds. The minimum absolute atomic E-state index is 0.121. The molecule has 0 unspecified atom stereocenters. The van der Waals surface area contributed by atoms with Crippen molar-refractivity contribution in [2.45, 2.75) is 38.2 Å². The number of rotatable bonds is 7. The lowest BCUT2D eigenvalue weighted by Gasteiger charge is -2.40. The van der Waals surface area contributed by atoms with Gasteiger partial charge in [0.2, 0.25) is 0 Å². The van der Waals surface area contributed by atoms with E-state index < -0.39 is 11.8 Å². The minimum Gasteiger partial charge on any atom is -0.490 e. The molecule has 2 heterocycles. The van der Waals surface area contributed by atoms with Crippen LogP contribution in [0, 0.1) is 17.2 Å². The Morgan fingerprint density at radius 2 is 2.06 bits per heavy atom. The highest BCUT2D eigenvalue weighted by Crippen LogP contribution is 2.46. The van der Waals surface area contributed by atoms with Crippen LogP contribution in [0.25, 0.3) is 0 Å². The fraction of sp³-hybridized carbons (Fsp3) is 0.583. The third kappa shape index (κ3) is 4.69. The normalized spacial score (nSPS) is 26.1. The molecule has 32 heavy (non-hydrogen) atoms. The topological polar surface area (TPSA) is 107 Å². The molecule has 1 saturated carbocycles. The number of ether oxygens (including phenoxy) is 4. The zero-order valence-corrected chi connectivity index (χ0v) is 18.5. The Morgan fingerprint density at radius 1 is 1.25 bits per heavy atom. The predicted octanol–water partition coefficient (Wildman–Crippen LogP) is 2.34. The summed E-state index contributed by atoms with van der Waals surface area (Å²) in [6.45, 7) is 7.06. The SMILES string of the molecule is CCOc1cc([C@H]2C(C#N)=C(N)O[C@H]3CCCC(=O)[C@@H]32)ccc1OCCN1CCOCC1. The summed E-state index contributed by atoms with van der Waals surface area (Å²) in [5.41, 5.74) is 7.22. The number of nitrogens with zero attached hydrogens (tertiary/aromatic N) is 2. The van der Waals surface area contributed by atoms with E-state index in [1.54, 1.807) is 0 Å². The largest absolute Gasteiger partial charge is 0.490 e. The Morgan fingerprint density at radius 3 is 2.81 bits per heavy atom. The number of hydrogen-bond acceptors (Lipinski definition) is 8. The van der Waals surface area contributed by atoms with Crippen LogP contribution >= 0.6 is 0 Å². The third-order valence-electron chi connectivity index (χ3n) is 6.41. The van der Waals surface area contributed by atoms with Gasteiger partial charge in [-0.05, 0) is 37.5 Å². The summed E-state index contributed by atoms with van der Waals surface area (Å²) in [5.74, 6) is 0.654. The van der Waals surface area contributed by atoms with Gasteiger partial charge in [0, 0.05) is 32.0 Å². The van der Waals surface area contributed by atoms with Gasteiger partial charge in [0.15, 0.2) is 17.4 Å². The average Bonchev–Trinajstić information content (AvgIpc) is 2.80. The van der Waals surface area contributed by atoms with E-state index in [0.29, 0.717) is 36.7 Å². The average molecular weight is 442 g/mol. The maximum Gasteiger partial charge on any atom is 0.199 e. The maximum atomic E-state index is 12.8. The second-order valence-electron chi connectivity index (χ2n) is 8.35. The Kier molecular flexibility index (Phi) is 7.18. The van der Waals surface area contributed by atoms with E-state index >= 15 is 0 Å². The van der Waals surface area contributed by atoms with Gasteiger partial charge in [0.1, 0.15) is 24.6 Å². The second kappa shape index (κ2) is 10.2. The van der Waals surface area contributed by atoms with Crippen LogP contribution < -0.4 is 15.2 Å². The van der Waals surface area contributed by atoms with Crippen molar-refractivity contribution in [3.63, 3.8) is 0 Å². The van der Waals surface area contributed by atoms with E-state index in [2.05, 4.69) is 11.0 Å². The van der Waals surface area contributed by atoms with Gasteiger partial charge >= 0.3 is 0 Å². The van der Waals surface area contributed by atoms with Crippen molar-refractivity contribution in [1.29, 1.82) is 5.26 Å². The minimum atomic E-state index is -0.437. The van der Waals surface area contributed by atoms with Gasteiger partial charge in [-0.15, -0.1) is 0 Å². The molecular formula is C24H31N3O5. The van der Waals surface area contributed by atoms with E-state index in [-0.39, 0.29) is 17.8 Å². The van der Waals surface area contributed by atoms with Gasteiger partial charge in [0.05, 0.1) is 31.3 Å². The fourth-order valence-corrected chi connectivity index (χ4v) is 4.84. The molecule has 172 valence electrons. The molecule has 2 N–H and O–H groups in total. The molecule has 0 radical (unpaired) electrons. The fourth-order valence-electron chi connectivity index (χ4n) is 4.84. The molecule has 3 atom stereocenters. The summed E-state index contributed by atoms with van der Waals surface area (Å²) in [6, 6.07) is 7.84. The molecule has 0 bridgehead atoms. The van der Waals surface area contributed by atoms with Crippen LogP contribution in [0.4, 0.5) is 0 Å². The second-order valence-corrected chi connectivity index (χ2v) is 8.35. The van der Waals surface area contributed by atoms with E-state index in [1.807, 2.05) is 25.1 Å². The number of allylic oxidation sites excluding steroid dienone is 1. The lowest BCUT2D eigenvalue weighted by atomic mass is 9.70. The summed E-state index contributed by atoms with van der Waals surface area (Å²) in [4.78, 5) is 15.1.